The molecule has 232 valence electrons. The molecule has 0 fully saturated rings. The van der Waals surface area contributed by atoms with Gasteiger partial charge in [0.05, 0.1) is 6.61 Å². The fourth-order valence-electron chi connectivity index (χ4n) is 5.48. The quantitative estimate of drug-likeness (QED) is 0.0633. The molecular formula is C35H62O5. The molecule has 0 aromatic heterocycles. The Balaban J connectivity index is 2.90. The van der Waals surface area contributed by atoms with Crippen LogP contribution in [-0.4, -0.2) is 23.0 Å². The van der Waals surface area contributed by atoms with E-state index in [1.807, 2.05) is 0 Å². The zero-order valence-electron chi connectivity index (χ0n) is 26.4. The second-order valence-corrected chi connectivity index (χ2v) is 11.6. The summed E-state index contributed by atoms with van der Waals surface area (Å²) in [6, 6.07) is 1.75. The minimum absolute atomic E-state index is 0.000291. The highest BCUT2D eigenvalue weighted by atomic mass is 16.7. The molecule has 1 aromatic rings. The van der Waals surface area contributed by atoms with Crippen LogP contribution in [0.25, 0.3) is 0 Å². The van der Waals surface area contributed by atoms with E-state index in [0.717, 1.165) is 62.5 Å². The van der Waals surface area contributed by atoms with E-state index in [1.54, 1.807) is 6.07 Å². The fourth-order valence-corrected chi connectivity index (χ4v) is 5.48. The van der Waals surface area contributed by atoms with Gasteiger partial charge in [-0.05, 0) is 43.7 Å². The smallest absolute Gasteiger partial charge is 0.502 e. The van der Waals surface area contributed by atoms with E-state index in [9.17, 15) is 15.0 Å². The van der Waals surface area contributed by atoms with Crippen LogP contribution in [-0.2, 0) is 12.8 Å². The first-order chi connectivity index (χ1) is 19.5. The predicted octanol–water partition coefficient (Wildman–Crippen LogP) is 11.6. The molecule has 0 spiro atoms. The van der Waals surface area contributed by atoms with Crippen molar-refractivity contribution in [1.82, 2.24) is 0 Å². The number of phenols is 1. The van der Waals surface area contributed by atoms with Crippen LogP contribution in [0.5, 0.6) is 17.2 Å². The molecule has 0 aliphatic carbocycles. The molecule has 0 amide bonds. The Labute approximate surface area is 246 Å². The number of carbonyl (C=O) groups is 1. The normalized spacial score (nSPS) is 11.2. The van der Waals surface area contributed by atoms with Gasteiger partial charge in [0, 0.05) is 5.56 Å². The maximum atomic E-state index is 11.4. The SMILES string of the molecule is CCCCCCCCCCc1cc(OC(=O)O)c(O)c(OCCCCCCCC)c1CCCCCCCCCC. The van der Waals surface area contributed by atoms with E-state index in [0.29, 0.717) is 12.4 Å². The minimum atomic E-state index is -1.41. The Morgan fingerprint density at radius 3 is 1.52 bits per heavy atom. The highest BCUT2D eigenvalue weighted by molar-refractivity contribution is 5.67. The number of carboxylic acid groups (broad SMARTS) is 1. The number of ether oxygens (including phenoxy) is 2. The Morgan fingerprint density at radius 2 is 1.05 bits per heavy atom. The zero-order chi connectivity index (χ0) is 29.3. The number of aromatic hydroxyl groups is 1. The lowest BCUT2D eigenvalue weighted by atomic mass is 9.94. The third-order valence-electron chi connectivity index (χ3n) is 7.94. The van der Waals surface area contributed by atoms with Crippen LogP contribution in [0.4, 0.5) is 4.79 Å². The summed E-state index contributed by atoms with van der Waals surface area (Å²) < 4.78 is 11.2. The van der Waals surface area contributed by atoms with Gasteiger partial charge in [0.1, 0.15) is 0 Å². The third-order valence-corrected chi connectivity index (χ3v) is 7.94. The molecule has 2 N–H and O–H groups in total. The van der Waals surface area contributed by atoms with E-state index in [1.165, 1.54) is 103 Å². The summed E-state index contributed by atoms with van der Waals surface area (Å²) in [5.41, 5.74) is 2.12. The fraction of sp³-hybridized carbons (Fsp3) is 0.800. The molecular weight excluding hydrogens is 500 g/mol. The van der Waals surface area contributed by atoms with Crippen molar-refractivity contribution in [3.05, 3.63) is 17.2 Å². The molecule has 5 nitrogen and oxygen atoms in total. The first kappa shape index (κ1) is 36.1. The number of hydrogen-bond acceptors (Lipinski definition) is 4. The highest BCUT2D eigenvalue weighted by Gasteiger charge is 2.21. The van der Waals surface area contributed by atoms with Crippen molar-refractivity contribution in [2.24, 2.45) is 0 Å². The zero-order valence-corrected chi connectivity index (χ0v) is 26.4. The molecule has 0 saturated heterocycles. The average molecular weight is 563 g/mol. The van der Waals surface area contributed by atoms with Crippen LogP contribution in [0.15, 0.2) is 6.07 Å². The van der Waals surface area contributed by atoms with Crippen molar-refractivity contribution in [1.29, 1.82) is 0 Å². The van der Waals surface area contributed by atoms with Crippen molar-refractivity contribution in [2.45, 2.75) is 175 Å². The van der Waals surface area contributed by atoms with E-state index in [-0.39, 0.29) is 11.5 Å². The summed E-state index contributed by atoms with van der Waals surface area (Å²) in [5, 5.41) is 20.3. The summed E-state index contributed by atoms with van der Waals surface area (Å²) in [6.45, 7) is 7.24. The lowest BCUT2D eigenvalue weighted by Crippen LogP contribution is -2.08. The lowest BCUT2D eigenvalue weighted by molar-refractivity contribution is 0.142. The molecule has 1 rings (SSSR count). The van der Waals surface area contributed by atoms with Crippen LogP contribution in [0.1, 0.15) is 173 Å². The summed E-state index contributed by atoms with van der Waals surface area (Å²) in [4.78, 5) is 11.4. The van der Waals surface area contributed by atoms with Crippen molar-refractivity contribution >= 4 is 6.16 Å². The van der Waals surface area contributed by atoms with Gasteiger partial charge in [-0.1, -0.05) is 143 Å². The van der Waals surface area contributed by atoms with Crippen molar-refractivity contribution in [2.75, 3.05) is 6.61 Å². The van der Waals surface area contributed by atoms with Gasteiger partial charge < -0.3 is 19.7 Å². The van der Waals surface area contributed by atoms with E-state index < -0.39 is 6.16 Å². The summed E-state index contributed by atoms with van der Waals surface area (Å²) in [6.07, 6.45) is 27.1. The van der Waals surface area contributed by atoms with Gasteiger partial charge in [0.25, 0.3) is 0 Å². The molecule has 5 heteroatoms. The maximum Gasteiger partial charge on any atom is 0.511 e. The minimum Gasteiger partial charge on any atom is -0.502 e. The third kappa shape index (κ3) is 17.0. The van der Waals surface area contributed by atoms with Crippen molar-refractivity contribution in [3.63, 3.8) is 0 Å². The first-order valence-corrected chi connectivity index (χ1v) is 17.0. The van der Waals surface area contributed by atoms with Crippen LogP contribution in [0.3, 0.4) is 0 Å². The van der Waals surface area contributed by atoms with Gasteiger partial charge in [0.2, 0.25) is 5.75 Å². The Morgan fingerprint density at radius 1 is 0.625 bits per heavy atom. The second kappa shape index (κ2) is 24.9. The van der Waals surface area contributed by atoms with E-state index in [4.69, 9.17) is 9.47 Å². The molecule has 0 heterocycles. The standard InChI is InChI=1S/C35H62O5/c1-4-7-10-13-16-18-20-23-26-30-29-32(40-35(37)38)33(36)34(39-28-25-22-15-12-9-6-3)31(30)27-24-21-19-17-14-11-8-5-2/h29,36H,4-28H2,1-3H3,(H,37,38). The van der Waals surface area contributed by atoms with Gasteiger partial charge in [-0.25, -0.2) is 4.79 Å². The highest BCUT2D eigenvalue weighted by Crippen LogP contribution is 2.43. The lowest BCUT2D eigenvalue weighted by Gasteiger charge is -2.19. The molecule has 0 aliphatic heterocycles. The van der Waals surface area contributed by atoms with Crippen molar-refractivity contribution < 1.29 is 24.5 Å². The number of benzene rings is 1. The van der Waals surface area contributed by atoms with Crippen LogP contribution in [0.2, 0.25) is 0 Å². The first-order valence-electron chi connectivity index (χ1n) is 17.0. The molecule has 0 saturated carbocycles. The largest absolute Gasteiger partial charge is 0.511 e. The van der Waals surface area contributed by atoms with E-state index in [2.05, 4.69) is 20.8 Å². The molecule has 0 unspecified atom stereocenters. The van der Waals surface area contributed by atoms with Crippen molar-refractivity contribution in [3.8, 4) is 17.2 Å². The predicted molar refractivity (Wildman–Crippen MR) is 168 cm³/mol. The Hall–Kier alpha value is -1.91. The summed E-state index contributed by atoms with van der Waals surface area (Å²) >= 11 is 0. The number of hydrogen-bond donors (Lipinski definition) is 2. The van der Waals surface area contributed by atoms with Gasteiger partial charge in [0.15, 0.2) is 11.5 Å². The molecule has 0 bridgehead atoms. The van der Waals surface area contributed by atoms with Crippen LogP contribution >= 0.6 is 0 Å². The Bertz CT molecular complexity index is 761. The molecule has 0 atom stereocenters. The van der Waals surface area contributed by atoms with Crippen LogP contribution in [0, 0.1) is 0 Å². The summed E-state index contributed by atoms with van der Waals surface area (Å²) in [7, 11) is 0. The van der Waals surface area contributed by atoms with Gasteiger partial charge in [-0.2, -0.15) is 0 Å². The Kier molecular flexibility index (Phi) is 22.4. The van der Waals surface area contributed by atoms with Gasteiger partial charge in [-0.3, -0.25) is 0 Å². The molecule has 40 heavy (non-hydrogen) atoms. The number of phenolic OH excluding ortho intramolecular Hbond substituents is 1. The van der Waals surface area contributed by atoms with Gasteiger partial charge in [-0.15, -0.1) is 0 Å². The second-order valence-electron chi connectivity index (χ2n) is 11.6. The monoisotopic (exact) mass is 562 g/mol. The van der Waals surface area contributed by atoms with Crippen LogP contribution < -0.4 is 9.47 Å². The average Bonchev–Trinajstić information content (AvgIpc) is 2.93. The molecule has 0 radical (unpaired) electrons. The number of aryl methyl sites for hydroxylation is 1. The number of unbranched alkanes of at least 4 members (excludes halogenated alkanes) is 19. The maximum absolute atomic E-state index is 11.4. The molecule has 0 aliphatic rings. The molecule has 1 aromatic carbocycles. The van der Waals surface area contributed by atoms with E-state index >= 15 is 0 Å². The number of rotatable bonds is 27. The summed E-state index contributed by atoms with van der Waals surface area (Å²) in [5.74, 6) is 0.284. The van der Waals surface area contributed by atoms with Gasteiger partial charge >= 0.3 is 6.16 Å². The topological polar surface area (TPSA) is 76.0 Å².